The molecule has 2 aromatic carbocycles. The van der Waals surface area contributed by atoms with Crippen LogP contribution in [-0.4, -0.2) is 26.4 Å². The Bertz CT molecular complexity index is 1230. The minimum absolute atomic E-state index is 0.116. The van der Waals surface area contributed by atoms with Crippen molar-refractivity contribution in [1.82, 2.24) is 19.3 Å². The van der Waals surface area contributed by atoms with Gasteiger partial charge in [0.1, 0.15) is 11.3 Å². The van der Waals surface area contributed by atoms with Gasteiger partial charge in [0.15, 0.2) is 10.7 Å². The topological polar surface area (TPSA) is 61.9 Å². The summed E-state index contributed by atoms with van der Waals surface area (Å²) in [7, 11) is 1.64. The van der Waals surface area contributed by atoms with Gasteiger partial charge in [0.25, 0.3) is 5.56 Å². The third-order valence-corrected chi connectivity index (χ3v) is 5.96. The summed E-state index contributed by atoms with van der Waals surface area (Å²) in [5.41, 5.74) is 4.36. The lowest BCUT2D eigenvalue weighted by atomic mass is 10.2. The number of benzene rings is 2. The van der Waals surface area contributed by atoms with Crippen LogP contribution in [0.2, 0.25) is 0 Å². The molecular weight excluding hydrogens is 396 g/mol. The van der Waals surface area contributed by atoms with Crippen molar-refractivity contribution in [3.8, 4) is 5.75 Å². The Kier molecular flexibility index (Phi) is 5.90. The summed E-state index contributed by atoms with van der Waals surface area (Å²) in [6, 6.07) is 16.1. The van der Waals surface area contributed by atoms with Crippen LogP contribution in [0.4, 0.5) is 0 Å². The molecule has 0 aliphatic heterocycles. The van der Waals surface area contributed by atoms with E-state index in [1.807, 2.05) is 37.4 Å². The zero-order valence-corrected chi connectivity index (χ0v) is 18.1. The molecule has 0 aliphatic carbocycles. The molecule has 0 saturated heterocycles. The van der Waals surface area contributed by atoms with Gasteiger partial charge in [0.2, 0.25) is 0 Å². The molecule has 0 aliphatic rings. The summed E-state index contributed by atoms with van der Waals surface area (Å²) in [6.45, 7) is 5.20. The molecule has 30 heavy (non-hydrogen) atoms. The van der Waals surface area contributed by atoms with Gasteiger partial charge in [-0.05, 0) is 37.1 Å². The van der Waals surface area contributed by atoms with Gasteiger partial charge >= 0.3 is 0 Å². The van der Waals surface area contributed by atoms with E-state index in [4.69, 9.17) is 9.72 Å². The quantitative estimate of drug-likeness (QED) is 0.330. The molecule has 0 radical (unpaired) electrons. The van der Waals surface area contributed by atoms with Crippen molar-refractivity contribution in [2.24, 2.45) is 0 Å². The fraction of sp³-hybridized carbons (Fsp3) is 0.261. The van der Waals surface area contributed by atoms with E-state index in [1.54, 1.807) is 28.1 Å². The van der Waals surface area contributed by atoms with Gasteiger partial charge in [-0.3, -0.25) is 14.0 Å². The van der Waals surface area contributed by atoms with Crippen LogP contribution in [0, 0.1) is 6.92 Å². The van der Waals surface area contributed by atoms with Gasteiger partial charge in [0.05, 0.1) is 19.9 Å². The van der Waals surface area contributed by atoms with Crippen molar-refractivity contribution in [3.05, 3.63) is 81.8 Å². The van der Waals surface area contributed by atoms with Crippen molar-refractivity contribution < 1.29 is 4.74 Å². The average molecular weight is 421 g/mol. The van der Waals surface area contributed by atoms with Crippen LogP contribution < -0.4 is 10.3 Å². The molecule has 0 fully saturated rings. The number of hydrogen-bond acceptors (Lipinski definition) is 5. The Morgan fingerprint density at radius 1 is 1.10 bits per heavy atom. The lowest BCUT2D eigenvalue weighted by molar-refractivity contribution is 0.414. The van der Waals surface area contributed by atoms with E-state index in [0.717, 1.165) is 17.1 Å². The molecule has 0 bridgehead atoms. The number of fused-ring (bicyclic) bond motifs is 1. The number of methoxy groups -OCH3 is 1. The predicted molar refractivity (Wildman–Crippen MR) is 120 cm³/mol. The van der Waals surface area contributed by atoms with Crippen molar-refractivity contribution in [1.29, 1.82) is 0 Å². The summed E-state index contributed by atoms with van der Waals surface area (Å²) in [5.74, 6) is 1.53. The zero-order chi connectivity index (χ0) is 21.1. The minimum atomic E-state index is -0.116. The van der Waals surface area contributed by atoms with Crippen molar-refractivity contribution in [2.75, 3.05) is 7.11 Å². The van der Waals surface area contributed by atoms with Crippen molar-refractivity contribution in [3.63, 3.8) is 0 Å². The van der Waals surface area contributed by atoms with E-state index >= 15 is 0 Å². The highest BCUT2D eigenvalue weighted by molar-refractivity contribution is 7.98. The predicted octanol–water partition coefficient (Wildman–Crippen LogP) is 4.27. The van der Waals surface area contributed by atoms with Crippen molar-refractivity contribution in [2.45, 2.75) is 37.8 Å². The number of nitrogens with zero attached hydrogens (tertiary/aromatic N) is 4. The van der Waals surface area contributed by atoms with E-state index in [-0.39, 0.29) is 5.56 Å². The van der Waals surface area contributed by atoms with Crippen LogP contribution >= 0.6 is 11.8 Å². The fourth-order valence-electron chi connectivity index (χ4n) is 3.30. The molecule has 0 N–H and O–H groups in total. The minimum Gasteiger partial charge on any atom is -0.497 e. The molecule has 0 amide bonds. The van der Waals surface area contributed by atoms with Crippen LogP contribution in [0.3, 0.4) is 0 Å². The maximum atomic E-state index is 13.3. The second kappa shape index (κ2) is 8.75. The van der Waals surface area contributed by atoms with Gasteiger partial charge < -0.3 is 4.74 Å². The first-order valence-corrected chi connectivity index (χ1v) is 10.8. The Balaban J connectivity index is 1.73. The van der Waals surface area contributed by atoms with Crippen LogP contribution in [0.25, 0.3) is 11.0 Å². The molecule has 0 unspecified atom stereocenters. The molecule has 2 aromatic heterocycles. The first-order chi connectivity index (χ1) is 14.6. The molecule has 6 nitrogen and oxygen atoms in total. The van der Waals surface area contributed by atoms with Crippen LogP contribution in [-0.2, 0) is 18.8 Å². The van der Waals surface area contributed by atoms with Gasteiger partial charge in [-0.1, -0.05) is 53.7 Å². The monoisotopic (exact) mass is 420 g/mol. The van der Waals surface area contributed by atoms with E-state index in [2.05, 4.69) is 36.3 Å². The molecule has 0 saturated carbocycles. The van der Waals surface area contributed by atoms with E-state index in [1.165, 1.54) is 11.1 Å². The van der Waals surface area contributed by atoms with E-state index < -0.39 is 0 Å². The smallest absolute Gasteiger partial charge is 0.282 e. The Labute approximate surface area is 179 Å². The van der Waals surface area contributed by atoms with Crippen molar-refractivity contribution >= 4 is 22.8 Å². The standard InChI is InChI=1S/C23H24N4O2S/c1-4-26-14-20-21(25-26)22(28)27(13-17-8-10-19(29-3)11-9-17)23(24-20)30-15-18-7-5-6-16(2)12-18/h5-12,14H,4,13,15H2,1-3H3. The number of aryl methyl sites for hydroxylation is 2. The molecule has 0 spiro atoms. The molecule has 0 atom stereocenters. The molecule has 4 rings (SSSR count). The largest absolute Gasteiger partial charge is 0.497 e. The third-order valence-electron chi connectivity index (χ3n) is 4.91. The highest BCUT2D eigenvalue weighted by atomic mass is 32.2. The molecule has 154 valence electrons. The van der Waals surface area contributed by atoms with Gasteiger partial charge in [0, 0.05) is 12.3 Å². The highest BCUT2D eigenvalue weighted by Crippen LogP contribution is 2.23. The highest BCUT2D eigenvalue weighted by Gasteiger charge is 2.15. The zero-order valence-electron chi connectivity index (χ0n) is 17.3. The second-order valence-electron chi connectivity index (χ2n) is 7.13. The second-order valence-corrected chi connectivity index (χ2v) is 8.07. The normalized spacial score (nSPS) is 11.2. The summed E-state index contributed by atoms with van der Waals surface area (Å²) in [6.07, 6.45) is 1.84. The maximum absolute atomic E-state index is 13.3. The number of rotatable bonds is 7. The summed E-state index contributed by atoms with van der Waals surface area (Å²) >= 11 is 1.57. The number of ether oxygens (including phenoxy) is 1. The van der Waals surface area contributed by atoms with E-state index in [0.29, 0.717) is 29.3 Å². The Hall–Kier alpha value is -3.06. The van der Waals surface area contributed by atoms with Crippen LogP contribution in [0.15, 0.2) is 64.7 Å². The Morgan fingerprint density at radius 2 is 1.90 bits per heavy atom. The van der Waals surface area contributed by atoms with Gasteiger partial charge in [-0.25, -0.2) is 4.98 Å². The first-order valence-electron chi connectivity index (χ1n) is 9.86. The number of thioether (sulfide) groups is 1. The molecule has 7 heteroatoms. The third kappa shape index (κ3) is 4.26. The number of aromatic nitrogens is 4. The van der Waals surface area contributed by atoms with E-state index in [9.17, 15) is 4.79 Å². The summed E-state index contributed by atoms with van der Waals surface area (Å²) < 4.78 is 8.71. The average Bonchev–Trinajstić information content (AvgIpc) is 3.18. The summed E-state index contributed by atoms with van der Waals surface area (Å²) in [5, 5.41) is 5.12. The molecule has 2 heterocycles. The lowest BCUT2D eigenvalue weighted by Gasteiger charge is -2.12. The lowest BCUT2D eigenvalue weighted by Crippen LogP contribution is -2.24. The SMILES string of the molecule is CCn1cc2nc(SCc3cccc(C)c3)n(Cc3ccc(OC)cc3)c(=O)c2n1. The number of hydrogen-bond donors (Lipinski definition) is 0. The fourth-order valence-corrected chi connectivity index (χ4v) is 4.24. The summed E-state index contributed by atoms with van der Waals surface area (Å²) in [4.78, 5) is 18.1. The Morgan fingerprint density at radius 3 is 2.60 bits per heavy atom. The first kappa shape index (κ1) is 20.2. The maximum Gasteiger partial charge on any atom is 0.282 e. The van der Waals surface area contributed by atoms with Crippen LogP contribution in [0.5, 0.6) is 5.75 Å². The van der Waals surface area contributed by atoms with Gasteiger partial charge in [-0.15, -0.1) is 0 Å². The molecule has 4 aromatic rings. The van der Waals surface area contributed by atoms with Crippen LogP contribution in [0.1, 0.15) is 23.6 Å². The molecular formula is C23H24N4O2S. The van der Waals surface area contributed by atoms with Gasteiger partial charge in [-0.2, -0.15) is 5.10 Å².